The zero-order valence-corrected chi connectivity index (χ0v) is 13.2. The summed E-state index contributed by atoms with van der Waals surface area (Å²) in [5.74, 6) is 0.107. The van der Waals surface area contributed by atoms with Gasteiger partial charge in [-0.25, -0.2) is 4.98 Å². The number of thiazole rings is 1. The molecular weight excluding hydrogens is 326 g/mol. The molecule has 2 rings (SSSR count). The van der Waals surface area contributed by atoms with E-state index < -0.39 is 0 Å². The Bertz CT molecular complexity index is 508. The van der Waals surface area contributed by atoms with Gasteiger partial charge in [-0.15, -0.1) is 11.3 Å². The molecule has 1 N–H and O–H groups in total. The van der Waals surface area contributed by atoms with Crippen LogP contribution in [0, 0.1) is 24.2 Å². The number of nitrogens with one attached hydrogen (secondary N) is 1. The summed E-state index contributed by atoms with van der Waals surface area (Å²) in [6.07, 6.45) is 4.08. The average molecular weight is 342 g/mol. The van der Waals surface area contributed by atoms with Crippen LogP contribution < -0.4 is 5.32 Å². The number of halogens is 1. The Morgan fingerprint density at radius 2 is 2.32 bits per heavy atom. The number of aryl methyl sites for hydroxylation is 1. The Kier molecular flexibility index (Phi) is 4.94. The van der Waals surface area contributed by atoms with Crippen molar-refractivity contribution >= 4 is 33.2 Å². The highest BCUT2D eigenvalue weighted by atomic mass is 79.9. The summed E-state index contributed by atoms with van der Waals surface area (Å²) < 4.78 is 1.04. The number of nitrogens with zero attached hydrogens (tertiary/aromatic N) is 2. The maximum atomic E-state index is 12.2. The second-order valence-electron chi connectivity index (χ2n) is 4.77. The zero-order chi connectivity index (χ0) is 13.8. The molecule has 6 heteroatoms. The van der Waals surface area contributed by atoms with Crippen LogP contribution in [0.3, 0.4) is 0 Å². The number of carbonyl (C=O) groups is 1. The minimum Gasteiger partial charge on any atom is -0.343 e. The molecule has 1 heterocycles. The standard InChI is InChI=1S/C13H16BrN3OS/c1-8-17-11(12(14)19-8)9-4-2-3-5-10(9)13(18)16-7-6-15/h9-10H,2-5,7H2,1H3,(H,16,18)/t9-,10-/m0/s1. The lowest BCUT2D eigenvalue weighted by molar-refractivity contribution is -0.126. The van der Waals surface area contributed by atoms with Gasteiger partial charge in [-0.1, -0.05) is 12.8 Å². The van der Waals surface area contributed by atoms with Crippen LogP contribution in [0.5, 0.6) is 0 Å². The number of hydrogen-bond donors (Lipinski definition) is 1. The van der Waals surface area contributed by atoms with E-state index in [0.717, 1.165) is 40.2 Å². The maximum absolute atomic E-state index is 12.2. The molecule has 1 aromatic heterocycles. The van der Waals surface area contributed by atoms with Gasteiger partial charge in [0, 0.05) is 11.8 Å². The van der Waals surface area contributed by atoms with Crippen molar-refractivity contribution in [1.82, 2.24) is 10.3 Å². The van der Waals surface area contributed by atoms with Crippen LogP contribution in [-0.4, -0.2) is 17.4 Å². The second kappa shape index (κ2) is 6.49. The molecule has 1 saturated carbocycles. The van der Waals surface area contributed by atoms with Crippen LogP contribution >= 0.6 is 27.3 Å². The highest BCUT2D eigenvalue weighted by Gasteiger charge is 2.34. The molecule has 0 saturated heterocycles. The van der Waals surface area contributed by atoms with Crippen molar-refractivity contribution in [2.75, 3.05) is 6.54 Å². The predicted octanol–water partition coefficient (Wildman–Crippen LogP) is 3.13. The Hall–Kier alpha value is -0.930. The summed E-state index contributed by atoms with van der Waals surface area (Å²) in [5.41, 5.74) is 1.01. The Morgan fingerprint density at radius 1 is 1.58 bits per heavy atom. The van der Waals surface area contributed by atoms with Gasteiger partial charge in [0.25, 0.3) is 0 Å². The van der Waals surface area contributed by atoms with Gasteiger partial charge in [-0.3, -0.25) is 4.79 Å². The number of amides is 1. The molecule has 0 spiro atoms. The maximum Gasteiger partial charge on any atom is 0.224 e. The molecule has 1 aromatic rings. The number of aromatic nitrogens is 1. The van der Waals surface area contributed by atoms with Crippen molar-refractivity contribution in [2.24, 2.45) is 5.92 Å². The van der Waals surface area contributed by atoms with Gasteiger partial charge in [0.05, 0.1) is 20.6 Å². The Labute approximate surface area is 125 Å². The lowest BCUT2D eigenvalue weighted by Gasteiger charge is -2.29. The third-order valence-electron chi connectivity index (χ3n) is 3.51. The van der Waals surface area contributed by atoms with Gasteiger partial charge >= 0.3 is 0 Å². The third-order valence-corrected chi connectivity index (χ3v) is 5.18. The summed E-state index contributed by atoms with van der Waals surface area (Å²) in [6, 6.07) is 1.95. The highest BCUT2D eigenvalue weighted by molar-refractivity contribution is 9.11. The molecule has 0 bridgehead atoms. The van der Waals surface area contributed by atoms with Crippen LogP contribution in [0.4, 0.5) is 0 Å². The molecule has 4 nitrogen and oxygen atoms in total. The molecule has 0 radical (unpaired) electrons. The van der Waals surface area contributed by atoms with Crippen molar-refractivity contribution in [1.29, 1.82) is 5.26 Å². The van der Waals surface area contributed by atoms with E-state index >= 15 is 0 Å². The fraction of sp³-hybridized carbons (Fsp3) is 0.615. The largest absolute Gasteiger partial charge is 0.343 e. The highest BCUT2D eigenvalue weighted by Crippen LogP contribution is 2.41. The molecular formula is C13H16BrN3OS. The topological polar surface area (TPSA) is 65.8 Å². The summed E-state index contributed by atoms with van der Waals surface area (Å²) >= 11 is 5.17. The molecule has 0 aliphatic heterocycles. The smallest absolute Gasteiger partial charge is 0.224 e. The van der Waals surface area contributed by atoms with Crippen LogP contribution in [-0.2, 0) is 4.79 Å². The SMILES string of the molecule is Cc1nc([C@H]2CCCC[C@@H]2C(=O)NCC#N)c(Br)s1. The molecule has 1 amide bonds. The van der Waals surface area contributed by atoms with Gasteiger partial charge in [0.2, 0.25) is 5.91 Å². The summed E-state index contributed by atoms with van der Waals surface area (Å²) in [5, 5.41) is 12.3. The average Bonchev–Trinajstić information content (AvgIpc) is 2.75. The van der Waals surface area contributed by atoms with E-state index in [0.29, 0.717) is 0 Å². The van der Waals surface area contributed by atoms with Crippen molar-refractivity contribution in [3.63, 3.8) is 0 Å². The minimum absolute atomic E-state index is 0.0104. The van der Waals surface area contributed by atoms with E-state index in [2.05, 4.69) is 26.2 Å². The lowest BCUT2D eigenvalue weighted by atomic mass is 9.77. The van der Waals surface area contributed by atoms with Gasteiger partial charge in [-0.05, 0) is 35.7 Å². The van der Waals surface area contributed by atoms with Crippen molar-refractivity contribution < 1.29 is 4.79 Å². The van der Waals surface area contributed by atoms with Crippen LogP contribution in [0.1, 0.15) is 42.3 Å². The Morgan fingerprint density at radius 3 is 2.95 bits per heavy atom. The van der Waals surface area contributed by atoms with Crippen molar-refractivity contribution in [3.8, 4) is 6.07 Å². The van der Waals surface area contributed by atoms with E-state index in [1.165, 1.54) is 0 Å². The number of rotatable bonds is 3. The van der Waals surface area contributed by atoms with E-state index in [1.807, 2.05) is 13.0 Å². The van der Waals surface area contributed by atoms with E-state index in [-0.39, 0.29) is 24.3 Å². The lowest BCUT2D eigenvalue weighted by Crippen LogP contribution is -2.36. The second-order valence-corrected chi connectivity index (χ2v) is 7.29. The number of carbonyl (C=O) groups excluding carboxylic acids is 1. The van der Waals surface area contributed by atoms with Crippen molar-refractivity contribution in [3.05, 3.63) is 14.5 Å². The summed E-state index contributed by atoms with van der Waals surface area (Å²) in [7, 11) is 0. The quantitative estimate of drug-likeness (QED) is 0.859. The first kappa shape index (κ1) is 14.5. The fourth-order valence-corrected chi connectivity index (χ4v) is 4.47. The normalized spacial score (nSPS) is 22.8. The molecule has 0 unspecified atom stereocenters. The molecule has 19 heavy (non-hydrogen) atoms. The third kappa shape index (κ3) is 3.34. The van der Waals surface area contributed by atoms with E-state index in [4.69, 9.17) is 5.26 Å². The Balaban J connectivity index is 2.19. The monoisotopic (exact) mass is 341 g/mol. The number of hydrogen-bond acceptors (Lipinski definition) is 4. The van der Waals surface area contributed by atoms with Gasteiger partial charge in [-0.2, -0.15) is 5.26 Å². The first-order chi connectivity index (χ1) is 9.13. The first-order valence-corrected chi connectivity index (χ1v) is 8.02. The fourth-order valence-electron chi connectivity index (χ4n) is 2.68. The van der Waals surface area contributed by atoms with Crippen LogP contribution in [0.2, 0.25) is 0 Å². The first-order valence-electron chi connectivity index (χ1n) is 6.41. The molecule has 1 fully saturated rings. The summed E-state index contributed by atoms with van der Waals surface area (Å²) in [6.45, 7) is 2.06. The van der Waals surface area contributed by atoms with E-state index in [9.17, 15) is 4.79 Å². The molecule has 102 valence electrons. The van der Waals surface area contributed by atoms with Gasteiger partial charge < -0.3 is 5.32 Å². The van der Waals surface area contributed by atoms with Gasteiger partial charge in [0.1, 0.15) is 6.54 Å². The van der Waals surface area contributed by atoms with E-state index in [1.54, 1.807) is 11.3 Å². The molecule has 0 aromatic carbocycles. The number of nitriles is 1. The molecule has 2 atom stereocenters. The minimum atomic E-state index is -0.0556. The van der Waals surface area contributed by atoms with Crippen LogP contribution in [0.15, 0.2) is 3.79 Å². The van der Waals surface area contributed by atoms with Crippen LogP contribution in [0.25, 0.3) is 0 Å². The summed E-state index contributed by atoms with van der Waals surface area (Å²) in [4.78, 5) is 16.7. The molecule has 1 aliphatic carbocycles. The van der Waals surface area contributed by atoms with Gasteiger partial charge in [0.15, 0.2) is 0 Å². The predicted molar refractivity (Wildman–Crippen MR) is 77.9 cm³/mol. The molecule has 1 aliphatic rings. The van der Waals surface area contributed by atoms with Crippen molar-refractivity contribution in [2.45, 2.75) is 38.5 Å². The zero-order valence-electron chi connectivity index (χ0n) is 10.8.